The van der Waals surface area contributed by atoms with E-state index in [1.54, 1.807) is 19.9 Å². The van der Waals surface area contributed by atoms with Crippen LogP contribution in [-0.2, 0) is 17.4 Å². The molecule has 0 N–H and O–H groups in total. The molecule has 2 aromatic rings. The third-order valence-electron chi connectivity index (χ3n) is 5.26. The molecule has 1 aromatic heterocycles. The summed E-state index contributed by atoms with van der Waals surface area (Å²) in [6, 6.07) is 5.07. The van der Waals surface area contributed by atoms with Crippen molar-refractivity contribution in [2.45, 2.75) is 32.9 Å². The number of rotatable bonds is 3. The molecular formula is C20H25F3N4O. The van der Waals surface area contributed by atoms with E-state index >= 15 is 0 Å². The van der Waals surface area contributed by atoms with Gasteiger partial charge in [0, 0.05) is 30.9 Å². The molecule has 1 fully saturated rings. The van der Waals surface area contributed by atoms with Gasteiger partial charge in [-0.15, -0.1) is 0 Å². The Morgan fingerprint density at radius 1 is 1.14 bits per heavy atom. The van der Waals surface area contributed by atoms with E-state index in [0.29, 0.717) is 23.6 Å². The van der Waals surface area contributed by atoms with Crippen molar-refractivity contribution in [3.05, 3.63) is 46.8 Å². The normalized spacial score (nSPS) is 16.3. The van der Waals surface area contributed by atoms with Crippen LogP contribution in [0.25, 0.3) is 5.69 Å². The second kappa shape index (κ2) is 7.95. The zero-order chi connectivity index (χ0) is 20.5. The Balaban J connectivity index is 1.83. The first kappa shape index (κ1) is 20.4. The zero-order valence-corrected chi connectivity index (χ0v) is 16.4. The smallest absolute Gasteiger partial charge is 0.341 e. The SMILES string of the molecule is Cc1nn(-c2cccc(C(F)(F)F)c2)c(C)c1CC(=O)N1CCCN(C)CC1. The third-order valence-corrected chi connectivity index (χ3v) is 5.26. The summed E-state index contributed by atoms with van der Waals surface area (Å²) in [5.41, 5.74) is 1.75. The van der Waals surface area contributed by atoms with Crippen molar-refractivity contribution in [2.75, 3.05) is 33.2 Å². The number of nitrogens with zero attached hydrogens (tertiary/aromatic N) is 4. The maximum atomic E-state index is 13.0. The second-order valence-corrected chi connectivity index (χ2v) is 7.32. The maximum Gasteiger partial charge on any atom is 0.416 e. The summed E-state index contributed by atoms with van der Waals surface area (Å²) in [5, 5.41) is 4.40. The van der Waals surface area contributed by atoms with Gasteiger partial charge < -0.3 is 9.80 Å². The van der Waals surface area contributed by atoms with E-state index < -0.39 is 11.7 Å². The summed E-state index contributed by atoms with van der Waals surface area (Å²) in [6.45, 7) is 6.80. The van der Waals surface area contributed by atoms with Gasteiger partial charge in [-0.2, -0.15) is 18.3 Å². The van der Waals surface area contributed by atoms with Gasteiger partial charge in [0.2, 0.25) is 5.91 Å². The van der Waals surface area contributed by atoms with Crippen molar-refractivity contribution in [1.29, 1.82) is 0 Å². The van der Waals surface area contributed by atoms with Gasteiger partial charge in [0.05, 0.1) is 23.4 Å². The number of alkyl halides is 3. The number of carbonyl (C=O) groups is 1. The fraction of sp³-hybridized carbons (Fsp3) is 0.500. The molecule has 0 atom stereocenters. The average Bonchev–Trinajstić information content (AvgIpc) is 2.80. The minimum Gasteiger partial charge on any atom is -0.341 e. The van der Waals surface area contributed by atoms with Crippen LogP contribution in [0, 0.1) is 13.8 Å². The van der Waals surface area contributed by atoms with Crippen LogP contribution >= 0.6 is 0 Å². The Hall–Kier alpha value is -2.35. The van der Waals surface area contributed by atoms with Crippen LogP contribution in [0.2, 0.25) is 0 Å². The van der Waals surface area contributed by atoms with Crippen molar-refractivity contribution in [3.63, 3.8) is 0 Å². The standard InChI is InChI=1S/C20H25F3N4O/c1-14-18(13-19(28)26-9-5-8-25(3)10-11-26)15(2)27(24-14)17-7-4-6-16(12-17)20(21,22)23/h4,6-7,12H,5,8-11,13H2,1-3H3. The first-order valence-electron chi connectivity index (χ1n) is 9.36. The largest absolute Gasteiger partial charge is 0.416 e. The molecular weight excluding hydrogens is 369 g/mol. The Kier molecular flexibility index (Phi) is 5.79. The number of halogens is 3. The first-order chi connectivity index (χ1) is 13.2. The summed E-state index contributed by atoms with van der Waals surface area (Å²) < 4.78 is 40.6. The molecule has 0 unspecified atom stereocenters. The fourth-order valence-electron chi connectivity index (χ4n) is 3.56. The van der Waals surface area contributed by atoms with Gasteiger partial charge in [-0.05, 0) is 52.1 Å². The van der Waals surface area contributed by atoms with Gasteiger partial charge in [0.25, 0.3) is 0 Å². The minimum absolute atomic E-state index is 0.0325. The molecule has 152 valence electrons. The number of hydrogen-bond donors (Lipinski definition) is 0. The molecule has 0 bridgehead atoms. The van der Waals surface area contributed by atoms with Crippen LogP contribution in [0.5, 0.6) is 0 Å². The molecule has 1 aliphatic rings. The van der Waals surface area contributed by atoms with Crippen LogP contribution < -0.4 is 0 Å². The fourth-order valence-corrected chi connectivity index (χ4v) is 3.56. The van der Waals surface area contributed by atoms with Crippen molar-refractivity contribution in [1.82, 2.24) is 19.6 Å². The summed E-state index contributed by atoms with van der Waals surface area (Å²) >= 11 is 0. The van der Waals surface area contributed by atoms with Crippen LogP contribution in [0.3, 0.4) is 0 Å². The molecule has 5 nitrogen and oxygen atoms in total. The predicted octanol–water partition coefficient (Wildman–Crippen LogP) is 3.21. The predicted molar refractivity (Wildman–Crippen MR) is 100 cm³/mol. The van der Waals surface area contributed by atoms with Gasteiger partial charge in [-0.1, -0.05) is 6.07 Å². The molecule has 0 saturated carbocycles. The van der Waals surface area contributed by atoms with E-state index in [2.05, 4.69) is 10.00 Å². The quantitative estimate of drug-likeness (QED) is 0.803. The van der Waals surface area contributed by atoms with Crippen LogP contribution in [-0.4, -0.2) is 58.7 Å². The molecule has 1 aromatic carbocycles. The van der Waals surface area contributed by atoms with Gasteiger partial charge in [0.15, 0.2) is 0 Å². The van der Waals surface area contributed by atoms with Crippen molar-refractivity contribution < 1.29 is 18.0 Å². The van der Waals surface area contributed by atoms with Gasteiger partial charge >= 0.3 is 6.18 Å². The lowest BCUT2D eigenvalue weighted by Gasteiger charge is -2.20. The lowest BCUT2D eigenvalue weighted by Crippen LogP contribution is -2.35. The van der Waals surface area contributed by atoms with Gasteiger partial charge in [-0.25, -0.2) is 4.68 Å². The number of likely N-dealkylation sites (N-methyl/N-ethyl adjacent to an activating group) is 1. The molecule has 0 radical (unpaired) electrons. The number of aryl methyl sites for hydroxylation is 1. The average molecular weight is 394 g/mol. The Morgan fingerprint density at radius 3 is 2.61 bits per heavy atom. The number of benzene rings is 1. The Bertz CT molecular complexity index is 860. The molecule has 3 rings (SSSR count). The molecule has 1 aliphatic heterocycles. The van der Waals surface area contributed by atoms with E-state index in [1.165, 1.54) is 10.7 Å². The van der Waals surface area contributed by atoms with E-state index in [-0.39, 0.29) is 12.3 Å². The second-order valence-electron chi connectivity index (χ2n) is 7.32. The molecule has 2 heterocycles. The van der Waals surface area contributed by atoms with Gasteiger partial charge in [-0.3, -0.25) is 4.79 Å². The highest BCUT2D eigenvalue weighted by atomic mass is 19.4. The number of carbonyl (C=O) groups excluding carboxylic acids is 1. The topological polar surface area (TPSA) is 41.4 Å². The van der Waals surface area contributed by atoms with Crippen molar-refractivity contribution in [3.8, 4) is 5.69 Å². The summed E-state index contributed by atoms with van der Waals surface area (Å²) in [5.74, 6) is 0.0325. The van der Waals surface area contributed by atoms with Crippen LogP contribution in [0.1, 0.15) is 28.9 Å². The summed E-state index contributed by atoms with van der Waals surface area (Å²) in [6.07, 6.45) is -3.27. The van der Waals surface area contributed by atoms with Crippen molar-refractivity contribution in [2.24, 2.45) is 0 Å². The lowest BCUT2D eigenvalue weighted by atomic mass is 10.1. The highest BCUT2D eigenvalue weighted by Crippen LogP contribution is 2.31. The molecule has 8 heteroatoms. The number of amides is 1. The van der Waals surface area contributed by atoms with E-state index in [0.717, 1.165) is 43.8 Å². The van der Waals surface area contributed by atoms with Gasteiger partial charge in [0.1, 0.15) is 0 Å². The Labute approximate surface area is 162 Å². The monoisotopic (exact) mass is 394 g/mol. The third kappa shape index (κ3) is 4.38. The Morgan fingerprint density at radius 2 is 1.89 bits per heavy atom. The van der Waals surface area contributed by atoms with Crippen molar-refractivity contribution >= 4 is 5.91 Å². The maximum absolute atomic E-state index is 13.0. The molecule has 28 heavy (non-hydrogen) atoms. The molecule has 0 spiro atoms. The number of aromatic nitrogens is 2. The van der Waals surface area contributed by atoms with Crippen LogP contribution in [0.15, 0.2) is 24.3 Å². The van der Waals surface area contributed by atoms with E-state index in [1.807, 2.05) is 11.9 Å². The molecule has 0 aliphatic carbocycles. The highest BCUT2D eigenvalue weighted by Gasteiger charge is 2.31. The number of hydrogen-bond acceptors (Lipinski definition) is 3. The van der Waals surface area contributed by atoms with Crippen LogP contribution in [0.4, 0.5) is 13.2 Å². The summed E-state index contributed by atoms with van der Waals surface area (Å²) in [4.78, 5) is 16.9. The lowest BCUT2D eigenvalue weighted by molar-refractivity contribution is -0.137. The molecule has 1 amide bonds. The molecule has 1 saturated heterocycles. The highest BCUT2D eigenvalue weighted by molar-refractivity contribution is 5.79. The first-order valence-corrected chi connectivity index (χ1v) is 9.36. The van der Waals surface area contributed by atoms with E-state index in [4.69, 9.17) is 0 Å². The zero-order valence-electron chi connectivity index (χ0n) is 16.4. The minimum atomic E-state index is -4.41. The summed E-state index contributed by atoms with van der Waals surface area (Å²) in [7, 11) is 2.04. The van der Waals surface area contributed by atoms with E-state index in [9.17, 15) is 18.0 Å².